The second-order valence-electron chi connectivity index (χ2n) is 7.65. The Morgan fingerprint density at radius 3 is 2.31 bits per heavy atom. The summed E-state index contributed by atoms with van der Waals surface area (Å²) in [6, 6.07) is 14.5. The number of benzene rings is 2. The molecule has 0 aliphatic heterocycles. The van der Waals surface area contributed by atoms with Gasteiger partial charge in [0.1, 0.15) is 0 Å². The molecule has 1 amide bonds. The van der Waals surface area contributed by atoms with Crippen molar-refractivity contribution in [1.29, 1.82) is 0 Å². The van der Waals surface area contributed by atoms with Crippen LogP contribution in [0.15, 0.2) is 42.5 Å². The largest absolute Gasteiger partial charge is 0.388 e. The van der Waals surface area contributed by atoms with Crippen LogP contribution in [0.5, 0.6) is 0 Å². The van der Waals surface area contributed by atoms with E-state index in [1.807, 2.05) is 25.1 Å². The number of hydrogen-bond donors (Lipinski definition) is 2. The molecule has 0 aromatic heterocycles. The Morgan fingerprint density at radius 1 is 1.04 bits per heavy atom. The van der Waals surface area contributed by atoms with E-state index in [0.717, 1.165) is 23.2 Å². The van der Waals surface area contributed by atoms with E-state index >= 15 is 0 Å². The highest BCUT2D eigenvalue weighted by atomic mass is 16.3. The molecule has 3 heteroatoms. The minimum atomic E-state index is -0.529. The fourth-order valence-electron chi connectivity index (χ4n) is 3.19. The molecule has 3 atom stereocenters. The molecule has 0 saturated heterocycles. The molecule has 2 rings (SSSR count). The van der Waals surface area contributed by atoms with Gasteiger partial charge in [0.2, 0.25) is 5.91 Å². The minimum absolute atomic E-state index is 0.0974. The van der Waals surface area contributed by atoms with Crippen LogP contribution < -0.4 is 5.32 Å². The molecule has 2 N–H and O–H groups in total. The molecule has 0 radical (unpaired) electrons. The molecular weight excluding hydrogens is 322 g/mol. The van der Waals surface area contributed by atoms with Crippen LogP contribution in [-0.4, -0.2) is 11.0 Å². The van der Waals surface area contributed by atoms with Crippen LogP contribution in [0.3, 0.4) is 0 Å². The van der Waals surface area contributed by atoms with Crippen molar-refractivity contribution in [2.45, 2.75) is 53.6 Å². The Labute approximate surface area is 157 Å². The topological polar surface area (TPSA) is 49.3 Å². The number of aliphatic hydroxyl groups excluding tert-OH is 1. The molecule has 0 saturated carbocycles. The third-order valence-corrected chi connectivity index (χ3v) is 5.20. The van der Waals surface area contributed by atoms with Gasteiger partial charge in [0.15, 0.2) is 0 Å². The first kappa shape index (κ1) is 20.2. The van der Waals surface area contributed by atoms with Gasteiger partial charge in [0, 0.05) is 12.6 Å². The highest BCUT2D eigenvalue weighted by molar-refractivity contribution is 5.89. The van der Waals surface area contributed by atoms with Gasteiger partial charge in [-0.3, -0.25) is 4.79 Å². The van der Waals surface area contributed by atoms with Crippen molar-refractivity contribution in [3.8, 4) is 0 Å². The zero-order chi connectivity index (χ0) is 19.3. The van der Waals surface area contributed by atoms with Crippen LogP contribution >= 0.6 is 0 Å². The van der Waals surface area contributed by atoms with E-state index in [4.69, 9.17) is 0 Å². The molecular formula is C23H31NO2. The van der Waals surface area contributed by atoms with Crippen LogP contribution in [0.25, 0.3) is 0 Å². The van der Waals surface area contributed by atoms with Gasteiger partial charge in [-0.1, -0.05) is 55.8 Å². The van der Waals surface area contributed by atoms with E-state index < -0.39 is 6.10 Å². The molecule has 3 nitrogen and oxygen atoms in total. The van der Waals surface area contributed by atoms with Crippen LogP contribution in [0.1, 0.15) is 55.5 Å². The molecule has 0 aliphatic rings. The van der Waals surface area contributed by atoms with E-state index in [1.165, 1.54) is 18.1 Å². The lowest BCUT2D eigenvalue weighted by molar-refractivity contribution is -0.114. The quantitative estimate of drug-likeness (QED) is 0.719. The van der Waals surface area contributed by atoms with Gasteiger partial charge in [0.05, 0.1) is 6.10 Å². The number of aliphatic hydroxyl groups is 1. The molecule has 1 unspecified atom stereocenters. The van der Waals surface area contributed by atoms with Crippen molar-refractivity contribution in [2.75, 3.05) is 5.32 Å². The number of hydrogen-bond acceptors (Lipinski definition) is 2. The highest BCUT2D eigenvalue weighted by Gasteiger charge is 2.19. The van der Waals surface area contributed by atoms with E-state index in [0.29, 0.717) is 18.3 Å². The van der Waals surface area contributed by atoms with Gasteiger partial charge in [-0.15, -0.1) is 0 Å². The minimum Gasteiger partial charge on any atom is -0.388 e. The van der Waals surface area contributed by atoms with Gasteiger partial charge >= 0.3 is 0 Å². The molecule has 0 heterocycles. The van der Waals surface area contributed by atoms with Crippen LogP contribution in [0, 0.1) is 25.7 Å². The lowest BCUT2D eigenvalue weighted by atomic mass is 9.84. The first-order valence-corrected chi connectivity index (χ1v) is 9.38. The Kier molecular flexibility index (Phi) is 6.98. The highest BCUT2D eigenvalue weighted by Crippen LogP contribution is 2.30. The summed E-state index contributed by atoms with van der Waals surface area (Å²) < 4.78 is 0. The summed E-state index contributed by atoms with van der Waals surface area (Å²) in [5.41, 5.74) is 5.24. The monoisotopic (exact) mass is 353 g/mol. The molecule has 140 valence electrons. The predicted octanol–water partition coefficient (Wildman–Crippen LogP) is 5.20. The summed E-state index contributed by atoms with van der Waals surface area (Å²) in [6.07, 6.45) is 1.19. The normalized spacial score (nSPS) is 14.5. The maximum absolute atomic E-state index is 11.3. The molecule has 0 spiro atoms. The Bertz CT molecular complexity index is 736. The van der Waals surface area contributed by atoms with Crippen LogP contribution in [-0.2, 0) is 11.2 Å². The second-order valence-corrected chi connectivity index (χ2v) is 7.65. The number of anilines is 1. The van der Waals surface area contributed by atoms with Crippen molar-refractivity contribution in [3.63, 3.8) is 0 Å². The van der Waals surface area contributed by atoms with E-state index in [-0.39, 0.29) is 5.91 Å². The van der Waals surface area contributed by atoms with E-state index in [9.17, 15) is 9.90 Å². The first-order valence-electron chi connectivity index (χ1n) is 9.38. The van der Waals surface area contributed by atoms with Crippen molar-refractivity contribution in [2.24, 2.45) is 11.8 Å². The maximum atomic E-state index is 11.3. The Hall–Kier alpha value is -2.13. The van der Waals surface area contributed by atoms with Crippen molar-refractivity contribution in [1.82, 2.24) is 0 Å². The number of aryl methyl sites for hydroxylation is 2. The third kappa shape index (κ3) is 5.70. The zero-order valence-electron chi connectivity index (χ0n) is 16.5. The molecule has 2 aromatic rings. The summed E-state index contributed by atoms with van der Waals surface area (Å²) in [5.74, 6) is 0.768. The summed E-state index contributed by atoms with van der Waals surface area (Å²) in [5, 5.41) is 13.5. The Balaban J connectivity index is 2.00. The van der Waals surface area contributed by atoms with Crippen molar-refractivity contribution < 1.29 is 9.90 Å². The average molecular weight is 354 g/mol. The van der Waals surface area contributed by atoms with E-state index in [1.54, 1.807) is 0 Å². The number of nitrogens with one attached hydrogen (secondary N) is 1. The Morgan fingerprint density at radius 2 is 1.69 bits per heavy atom. The van der Waals surface area contributed by atoms with E-state index in [2.05, 4.69) is 50.4 Å². The molecule has 0 fully saturated rings. The van der Waals surface area contributed by atoms with Gasteiger partial charge in [-0.05, 0) is 61.3 Å². The molecule has 2 aromatic carbocycles. The van der Waals surface area contributed by atoms with Gasteiger partial charge < -0.3 is 10.4 Å². The van der Waals surface area contributed by atoms with Gasteiger partial charge in [-0.2, -0.15) is 0 Å². The summed E-state index contributed by atoms with van der Waals surface area (Å²) >= 11 is 0. The third-order valence-electron chi connectivity index (χ3n) is 5.20. The lowest BCUT2D eigenvalue weighted by Gasteiger charge is -2.23. The smallest absolute Gasteiger partial charge is 0.221 e. The average Bonchev–Trinajstić information content (AvgIpc) is 2.58. The summed E-state index contributed by atoms with van der Waals surface area (Å²) in [4.78, 5) is 11.3. The molecule has 26 heavy (non-hydrogen) atoms. The summed E-state index contributed by atoms with van der Waals surface area (Å²) in [7, 11) is 0. The maximum Gasteiger partial charge on any atom is 0.221 e. The number of amides is 1. The molecule has 0 aliphatic carbocycles. The van der Waals surface area contributed by atoms with Crippen molar-refractivity contribution >= 4 is 11.6 Å². The van der Waals surface area contributed by atoms with Gasteiger partial charge in [0.25, 0.3) is 0 Å². The number of carbonyl (C=O) groups is 1. The van der Waals surface area contributed by atoms with Crippen LogP contribution in [0.2, 0.25) is 0 Å². The van der Waals surface area contributed by atoms with Gasteiger partial charge in [-0.25, -0.2) is 0 Å². The number of rotatable bonds is 7. The fraction of sp³-hybridized carbons (Fsp3) is 0.435. The molecule has 0 bridgehead atoms. The SMILES string of the molecule is CC(=O)Nc1cc([C@H](O)CC(C)[C@H](C)Cc2ccc(C)cc2)ccc1C. The predicted molar refractivity (Wildman–Crippen MR) is 108 cm³/mol. The zero-order valence-corrected chi connectivity index (χ0v) is 16.5. The second kappa shape index (κ2) is 9.00. The van der Waals surface area contributed by atoms with Crippen molar-refractivity contribution in [3.05, 3.63) is 64.7 Å². The number of carbonyl (C=O) groups excluding carboxylic acids is 1. The fourth-order valence-corrected chi connectivity index (χ4v) is 3.19. The first-order chi connectivity index (χ1) is 12.3. The lowest BCUT2D eigenvalue weighted by Crippen LogP contribution is -2.15. The van der Waals surface area contributed by atoms with Crippen LogP contribution in [0.4, 0.5) is 5.69 Å². The standard InChI is InChI=1S/C23H31NO2/c1-15-6-9-20(10-7-15)12-17(3)18(4)13-23(26)21-11-8-16(2)22(14-21)24-19(5)25/h6-11,14,17-18,23,26H,12-13H2,1-5H3,(H,24,25)/t17-,18?,23-/m1/s1. The summed E-state index contributed by atoms with van der Waals surface area (Å²) in [6.45, 7) is 9.99.